The summed E-state index contributed by atoms with van der Waals surface area (Å²) < 4.78 is 17.8. The van der Waals surface area contributed by atoms with Gasteiger partial charge in [0.15, 0.2) is 11.8 Å². The van der Waals surface area contributed by atoms with Crippen LogP contribution in [0.5, 0.6) is 17.2 Å². The second-order valence-electron chi connectivity index (χ2n) is 8.99. The van der Waals surface area contributed by atoms with Crippen LogP contribution in [-0.2, 0) is 5.60 Å². The fraction of sp³-hybridized carbons (Fsp3) is 0.167. The molecule has 6 heteroatoms. The van der Waals surface area contributed by atoms with E-state index >= 15 is 0 Å². The number of hydrogen-bond donors (Lipinski definition) is 1. The minimum atomic E-state index is -1.05. The van der Waals surface area contributed by atoms with E-state index in [-0.39, 0.29) is 5.91 Å². The lowest BCUT2D eigenvalue weighted by Gasteiger charge is -2.37. The molecule has 2 aliphatic rings. The largest absolute Gasteiger partial charge is 0.497 e. The number of fused-ring (bicyclic) bond motifs is 6. The minimum absolute atomic E-state index is 0.202. The number of ether oxygens (including phenoxy) is 3. The Hall–Kier alpha value is -4.29. The molecule has 0 aromatic heterocycles. The van der Waals surface area contributed by atoms with E-state index in [1.165, 1.54) is 4.90 Å². The van der Waals surface area contributed by atoms with Crippen molar-refractivity contribution < 1.29 is 24.1 Å². The van der Waals surface area contributed by atoms with Gasteiger partial charge in [0.05, 0.1) is 19.8 Å². The third-order valence-corrected chi connectivity index (χ3v) is 7.19. The van der Waals surface area contributed by atoms with Crippen LogP contribution in [-0.4, -0.2) is 37.2 Å². The fourth-order valence-corrected chi connectivity index (χ4v) is 5.25. The lowest BCUT2D eigenvalue weighted by Crippen LogP contribution is -2.34. The maximum absolute atomic E-state index is 13.1. The first kappa shape index (κ1) is 22.2. The zero-order valence-electron chi connectivity index (χ0n) is 20.2. The molecule has 0 spiro atoms. The van der Waals surface area contributed by atoms with Crippen molar-refractivity contribution in [1.29, 1.82) is 0 Å². The van der Waals surface area contributed by atoms with Crippen molar-refractivity contribution in [3.05, 3.63) is 107 Å². The van der Waals surface area contributed by atoms with E-state index in [0.29, 0.717) is 22.4 Å². The van der Waals surface area contributed by atoms with Gasteiger partial charge in [0.25, 0.3) is 5.91 Å². The van der Waals surface area contributed by atoms with Gasteiger partial charge in [0, 0.05) is 34.7 Å². The molecule has 0 aliphatic carbocycles. The summed E-state index contributed by atoms with van der Waals surface area (Å²) in [6.45, 7) is 0. The van der Waals surface area contributed by atoms with Gasteiger partial charge in [-0.2, -0.15) is 0 Å². The fourth-order valence-electron chi connectivity index (χ4n) is 5.25. The van der Waals surface area contributed by atoms with E-state index in [4.69, 9.17) is 14.2 Å². The number of nitrogens with zero attached hydrogens (tertiary/aromatic N) is 1. The Balaban J connectivity index is 1.63. The van der Waals surface area contributed by atoms with Crippen LogP contribution < -0.4 is 14.2 Å². The standard InChI is InChI=1S/C30H25NO5/c1-31-28(32)25-22-6-4-5-7-23(22)27-24(26(25)29(31)33)16-17-30(36-27,18-8-12-20(34-2)13-9-18)19-10-14-21(35-3)15-11-19/h4-17,29,33H,1-3H3. The first-order chi connectivity index (χ1) is 17.5. The summed E-state index contributed by atoms with van der Waals surface area (Å²) >= 11 is 0. The number of aliphatic hydroxyl groups is 1. The van der Waals surface area contributed by atoms with Crippen LogP contribution in [0.15, 0.2) is 78.9 Å². The van der Waals surface area contributed by atoms with Gasteiger partial charge >= 0.3 is 0 Å². The number of amides is 1. The summed E-state index contributed by atoms with van der Waals surface area (Å²) in [5.74, 6) is 1.92. The van der Waals surface area contributed by atoms with Crippen molar-refractivity contribution in [2.45, 2.75) is 11.8 Å². The summed E-state index contributed by atoms with van der Waals surface area (Å²) in [5.41, 5.74) is 2.68. The third-order valence-electron chi connectivity index (χ3n) is 7.19. The van der Waals surface area contributed by atoms with Crippen LogP contribution in [0.4, 0.5) is 0 Å². The number of hydrogen-bond acceptors (Lipinski definition) is 5. The molecule has 0 bridgehead atoms. The van der Waals surface area contributed by atoms with Crippen LogP contribution in [0.25, 0.3) is 16.8 Å². The van der Waals surface area contributed by atoms with Gasteiger partial charge in [0.2, 0.25) is 0 Å². The van der Waals surface area contributed by atoms with Gasteiger partial charge in [-0.3, -0.25) is 4.79 Å². The predicted molar refractivity (Wildman–Crippen MR) is 137 cm³/mol. The van der Waals surface area contributed by atoms with Crippen molar-refractivity contribution in [3.63, 3.8) is 0 Å². The lowest BCUT2D eigenvalue weighted by molar-refractivity contribution is 0.0299. The monoisotopic (exact) mass is 479 g/mol. The van der Waals surface area contributed by atoms with Crippen LogP contribution in [0.2, 0.25) is 0 Å². The van der Waals surface area contributed by atoms with E-state index < -0.39 is 11.8 Å². The molecule has 6 nitrogen and oxygen atoms in total. The number of methoxy groups -OCH3 is 2. The Morgan fingerprint density at radius 3 is 1.97 bits per heavy atom. The molecule has 1 amide bonds. The van der Waals surface area contributed by atoms with E-state index in [1.54, 1.807) is 21.3 Å². The van der Waals surface area contributed by atoms with E-state index in [1.807, 2.05) is 84.9 Å². The SMILES string of the molecule is COc1ccc(C2(c3ccc(OC)cc3)C=Cc3c4c(c5ccccc5c3O2)C(=O)N(C)C4O)cc1. The maximum atomic E-state index is 13.1. The number of aliphatic hydroxyl groups excluding tert-OH is 1. The molecule has 0 radical (unpaired) electrons. The number of carbonyl (C=O) groups is 1. The third kappa shape index (κ3) is 3.04. The Morgan fingerprint density at radius 2 is 1.42 bits per heavy atom. The lowest BCUT2D eigenvalue weighted by atomic mass is 9.82. The van der Waals surface area contributed by atoms with Gasteiger partial charge in [-0.05, 0) is 35.7 Å². The zero-order chi connectivity index (χ0) is 25.0. The summed E-state index contributed by atoms with van der Waals surface area (Å²) in [6.07, 6.45) is 2.91. The predicted octanol–water partition coefficient (Wildman–Crippen LogP) is 5.28. The average Bonchev–Trinajstić information content (AvgIpc) is 3.17. The topological polar surface area (TPSA) is 68.2 Å². The number of carbonyl (C=O) groups excluding carboxylic acids is 1. The zero-order valence-corrected chi connectivity index (χ0v) is 20.2. The van der Waals surface area contributed by atoms with Crippen LogP contribution in [0.1, 0.15) is 38.8 Å². The summed E-state index contributed by atoms with van der Waals surface area (Å²) in [7, 11) is 4.89. The molecule has 6 rings (SSSR count). The van der Waals surface area contributed by atoms with Crippen LogP contribution in [0, 0.1) is 0 Å². The Morgan fingerprint density at radius 1 is 0.861 bits per heavy atom. The highest BCUT2D eigenvalue weighted by Gasteiger charge is 2.43. The molecule has 0 fully saturated rings. The summed E-state index contributed by atoms with van der Waals surface area (Å²) in [5, 5.41) is 12.6. The molecule has 36 heavy (non-hydrogen) atoms. The molecule has 1 N–H and O–H groups in total. The Bertz CT molecular complexity index is 1470. The first-order valence-electron chi connectivity index (χ1n) is 11.7. The summed E-state index contributed by atoms with van der Waals surface area (Å²) in [6, 6.07) is 23.3. The van der Waals surface area contributed by atoms with Crippen LogP contribution in [0.3, 0.4) is 0 Å². The maximum Gasteiger partial charge on any atom is 0.256 e. The van der Waals surface area contributed by atoms with Crippen molar-refractivity contribution in [3.8, 4) is 17.2 Å². The van der Waals surface area contributed by atoms with Crippen molar-refractivity contribution in [1.82, 2.24) is 4.90 Å². The quantitative estimate of drug-likeness (QED) is 0.431. The van der Waals surface area contributed by atoms with E-state index in [0.717, 1.165) is 33.4 Å². The molecule has 4 aromatic rings. The smallest absolute Gasteiger partial charge is 0.256 e. The van der Waals surface area contributed by atoms with Crippen LogP contribution >= 0.6 is 0 Å². The van der Waals surface area contributed by atoms with Crippen molar-refractivity contribution in [2.24, 2.45) is 0 Å². The van der Waals surface area contributed by atoms with Gasteiger partial charge < -0.3 is 24.2 Å². The highest BCUT2D eigenvalue weighted by Crippen LogP contribution is 2.50. The number of rotatable bonds is 4. The van der Waals surface area contributed by atoms with Gasteiger partial charge in [-0.25, -0.2) is 0 Å². The van der Waals surface area contributed by atoms with E-state index in [9.17, 15) is 9.90 Å². The Labute approximate surface area is 209 Å². The van der Waals surface area contributed by atoms with Gasteiger partial charge in [-0.15, -0.1) is 0 Å². The second kappa shape index (κ2) is 8.14. The molecule has 2 aliphatic heterocycles. The molecule has 4 aromatic carbocycles. The highest BCUT2D eigenvalue weighted by molar-refractivity contribution is 6.14. The van der Waals surface area contributed by atoms with Crippen molar-refractivity contribution in [2.75, 3.05) is 21.3 Å². The molecule has 1 atom stereocenters. The highest BCUT2D eigenvalue weighted by atomic mass is 16.5. The number of benzene rings is 4. The molecule has 0 saturated carbocycles. The van der Waals surface area contributed by atoms with Gasteiger partial charge in [-0.1, -0.05) is 54.6 Å². The minimum Gasteiger partial charge on any atom is -0.497 e. The second-order valence-corrected chi connectivity index (χ2v) is 8.99. The average molecular weight is 480 g/mol. The summed E-state index contributed by atoms with van der Waals surface area (Å²) in [4.78, 5) is 14.4. The molecule has 0 saturated heterocycles. The van der Waals surface area contributed by atoms with Crippen molar-refractivity contribution >= 4 is 22.8 Å². The Kier molecular flexibility index (Phi) is 5.02. The van der Waals surface area contributed by atoms with E-state index in [2.05, 4.69) is 0 Å². The molecule has 1 unspecified atom stereocenters. The van der Waals surface area contributed by atoms with Gasteiger partial charge in [0.1, 0.15) is 17.2 Å². The molecule has 180 valence electrons. The normalized spacial score (nSPS) is 17.5. The molecular formula is C30H25NO5. The molecular weight excluding hydrogens is 454 g/mol. The molecule has 2 heterocycles. The first-order valence-corrected chi connectivity index (χ1v) is 11.7.